The second kappa shape index (κ2) is 15.0. The summed E-state index contributed by atoms with van der Waals surface area (Å²) in [6.07, 6.45) is -12.8. The minimum Gasteiger partial charge on any atom is -0.394 e. The van der Waals surface area contributed by atoms with E-state index in [9.17, 15) is 57.3 Å². The molecule has 0 bridgehead atoms. The zero-order valence-electron chi connectivity index (χ0n) is 24.7. The first-order valence-corrected chi connectivity index (χ1v) is 16.6. The number of rotatable bonds is 7. The Morgan fingerprint density at radius 2 is 1.40 bits per heavy atom. The highest BCUT2D eigenvalue weighted by molar-refractivity contribution is 7.93. The van der Waals surface area contributed by atoms with Gasteiger partial charge in [0.25, 0.3) is 0 Å². The van der Waals surface area contributed by atoms with E-state index >= 15 is 0 Å². The molecule has 9 N–H and O–H groups in total. The van der Waals surface area contributed by atoms with Crippen molar-refractivity contribution in [2.75, 3.05) is 17.9 Å². The van der Waals surface area contributed by atoms with Crippen LogP contribution in [-0.4, -0.2) is 123 Å². The molecule has 262 valence electrons. The molecule has 2 aromatic carbocycles. The lowest BCUT2D eigenvalue weighted by atomic mass is 9.89. The maximum atomic E-state index is 13.0. The Kier molecular flexibility index (Phi) is 11.9. The molecule has 2 aliphatic heterocycles. The summed E-state index contributed by atoms with van der Waals surface area (Å²) in [6, 6.07) is 13.5. The van der Waals surface area contributed by atoms with Gasteiger partial charge in [-0.05, 0) is 36.1 Å². The Labute approximate surface area is 271 Å². The molecular formula is C29H36F3NO12S2. The van der Waals surface area contributed by atoms with Crippen LogP contribution >= 0.6 is 11.3 Å². The molecule has 0 radical (unpaired) electrons. The summed E-state index contributed by atoms with van der Waals surface area (Å²) in [5.74, 6) is 0. The van der Waals surface area contributed by atoms with Crippen molar-refractivity contribution in [1.82, 2.24) is 0 Å². The Bertz CT molecular complexity index is 1570. The van der Waals surface area contributed by atoms with Gasteiger partial charge in [0, 0.05) is 21.6 Å². The highest BCUT2D eigenvalue weighted by Crippen LogP contribution is 2.39. The fourth-order valence-corrected chi connectivity index (χ4v) is 6.91. The molecule has 47 heavy (non-hydrogen) atoms. The van der Waals surface area contributed by atoms with Gasteiger partial charge in [-0.1, -0.05) is 30.3 Å². The first kappa shape index (κ1) is 37.4. The molecule has 3 heterocycles. The average Bonchev–Trinajstić information content (AvgIpc) is 3.43. The van der Waals surface area contributed by atoms with Crippen LogP contribution in [0.1, 0.15) is 29.0 Å². The second-order valence-corrected chi connectivity index (χ2v) is 14.0. The monoisotopic (exact) mass is 711 g/mol. The van der Waals surface area contributed by atoms with Crippen molar-refractivity contribution >= 4 is 37.1 Å². The number of hydrogen-bond acceptors (Lipinski definition) is 13. The molecule has 0 unspecified atom stereocenters. The van der Waals surface area contributed by atoms with Crippen molar-refractivity contribution in [3.05, 3.63) is 64.5 Å². The smallest absolute Gasteiger partial charge is 0.394 e. The van der Waals surface area contributed by atoms with Crippen molar-refractivity contribution in [1.29, 1.82) is 0 Å². The lowest BCUT2D eigenvalue weighted by Crippen LogP contribution is -2.57. The van der Waals surface area contributed by atoms with Crippen LogP contribution in [0, 0.1) is 0 Å². The lowest BCUT2D eigenvalue weighted by molar-refractivity contribution is -0.231. The number of alkyl halides is 3. The third kappa shape index (κ3) is 8.23. The van der Waals surface area contributed by atoms with Crippen LogP contribution in [0.3, 0.4) is 0 Å². The number of aliphatic hydroxyl groups excluding tert-OH is 8. The predicted molar refractivity (Wildman–Crippen MR) is 162 cm³/mol. The minimum absolute atomic E-state index is 0.187. The molecule has 10 atom stereocenters. The molecule has 0 saturated carbocycles. The standard InChI is InChI=1S/C22H22F3NO7S2.C7H14O5/c23-22(24,25)35(31,32)26-15-6-5-11(7-13-9-12-3-1-2-4-17(12)34-13)8-14(15)21-20(30)19(29)18(28)16(10-27)33-21;1-3-5(9)7(11)6(10)4(2-8)12-3/h1-6,8-9,16,18-21,26-30H,7,10H2;3-11H,2H2,1H3/t16-,18-,19+,20-,21+;3-,4+,5-,6+,7+/m10/s1. The number of aliphatic hydroxyl groups is 8. The molecule has 18 heteroatoms. The summed E-state index contributed by atoms with van der Waals surface area (Å²) < 4.78 is 75.7. The maximum Gasteiger partial charge on any atom is 0.516 e. The number of thiophene rings is 1. The first-order chi connectivity index (χ1) is 22.0. The Hall–Kier alpha value is -2.46. The number of anilines is 1. The zero-order chi connectivity index (χ0) is 34.8. The van der Waals surface area contributed by atoms with Crippen LogP contribution in [0.25, 0.3) is 10.1 Å². The van der Waals surface area contributed by atoms with Crippen LogP contribution in [0.2, 0.25) is 0 Å². The summed E-state index contributed by atoms with van der Waals surface area (Å²) in [4.78, 5) is 0.926. The van der Waals surface area contributed by atoms with Gasteiger partial charge in [0.05, 0.1) is 25.0 Å². The highest BCUT2D eigenvalue weighted by Gasteiger charge is 2.48. The molecular weight excluding hydrogens is 675 g/mol. The van der Waals surface area contributed by atoms with E-state index in [1.807, 2.05) is 30.3 Å². The summed E-state index contributed by atoms with van der Waals surface area (Å²) in [5, 5.41) is 77.6. The van der Waals surface area contributed by atoms with E-state index in [-0.39, 0.29) is 12.2 Å². The molecule has 2 aliphatic rings. The van der Waals surface area contributed by atoms with Gasteiger partial charge in [0.2, 0.25) is 0 Å². The van der Waals surface area contributed by atoms with E-state index in [0.717, 1.165) is 21.0 Å². The lowest BCUT2D eigenvalue weighted by Gasteiger charge is -2.40. The first-order valence-electron chi connectivity index (χ1n) is 14.3. The highest BCUT2D eigenvalue weighted by atomic mass is 32.2. The molecule has 1 aromatic heterocycles. The molecule has 2 fully saturated rings. The predicted octanol–water partition coefficient (Wildman–Crippen LogP) is 0.117. The van der Waals surface area contributed by atoms with Gasteiger partial charge in [0.15, 0.2) is 0 Å². The molecule has 5 rings (SSSR count). The van der Waals surface area contributed by atoms with E-state index < -0.39 is 88.9 Å². The minimum atomic E-state index is -5.81. The van der Waals surface area contributed by atoms with Crippen LogP contribution in [0.15, 0.2) is 48.5 Å². The molecule has 3 aromatic rings. The van der Waals surface area contributed by atoms with E-state index in [0.29, 0.717) is 12.0 Å². The average molecular weight is 712 g/mol. The van der Waals surface area contributed by atoms with Crippen molar-refractivity contribution < 1.29 is 71.9 Å². The van der Waals surface area contributed by atoms with Gasteiger partial charge in [-0.15, -0.1) is 11.3 Å². The van der Waals surface area contributed by atoms with Gasteiger partial charge in [-0.3, -0.25) is 4.72 Å². The SMILES string of the molecule is C[C@@H]1O[C@H](CO)[C@@H](O)[C@H](O)[C@H]1O.O=S(=O)(Nc1ccc(Cc2cc3ccccc3s2)cc1[C@@H]1O[C@H](CO)[C@@H](O)[C@H](O)[C@H]1O)C(F)(F)F. The summed E-state index contributed by atoms with van der Waals surface area (Å²) in [6.45, 7) is 0.449. The number of nitrogens with one attached hydrogen (secondary N) is 1. The van der Waals surface area contributed by atoms with Crippen molar-refractivity contribution in [3.63, 3.8) is 0 Å². The third-order valence-corrected chi connectivity index (χ3v) is 10.1. The number of fused-ring (bicyclic) bond motifs is 1. The molecule has 0 spiro atoms. The number of hydrogen-bond donors (Lipinski definition) is 9. The van der Waals surface area contributed by atoms with Crippen LogP contribution in [-0.2, 0) is 25.9 Å². The number of halogens is 3. The zero-order valence-corrected chi connectivity index (χ0v) is 26.3. The third-order valence-electron chi connectivity index (χ3n) is 7.85. The van der Waals surface area contributed by atoms with Gasteiger partial charge in [0.1, 0.15) is 54.9 Å². The van der Waals surface area contributed by atoms with Crippen LogP contribution in [0.5, 0.6) is 0 Å². The normalized spacial score (nSPS) is 31.7. The molecule has 0 amide bonds. The largest absolute Gasteiger partial charge is 0.516 e. The van der Waals surface area contributed by atoms with Gasteiger partial charge >= 0.3 is 15.5 Å². The second-order valence-electron chi connectivity index (χ2n) is 11.2. The molecule has 13 nitrogen and oxygen atoms in total. The van der Waals surface area contributed by atoms with Crippen molar-refractivity contribution in [2.45, 2.75) is 79.9 Å². The van der Waals surface area contributed by atoms with Crippen LogP contribution < -0.4 is 4.72 Å². The fourth-order valence-electron chi connectivity index (χ4n) is 5.22. The number of benzene rings is 2. The Morgan fingerprint density at radius 3 is 2.00 bits per heavy atom. The Morgan fingerprint density at radius 1 is 0.809 bits per heavy atom. The van der Waals surface area contributed by atoms with E-state index in [2.05, 4.69) is 0 Å². The van der Waals surface area contributed by atoms with E-state index in [1.165, 1.54) is 28.2 Å². The summed E-state index contributed by atoms with van der Waals surface area (Å²) in [5.41, 5.74) is -5.74. The van der Waals surface area contributed by atoms with E-state index in [4.69, 9.17) is 14.6 Å². The van der Waals surface area contributed by atoms with Crippen molar-refractivity contribution in [2.24, 2.45) is 0 Å². The number of sulfonamides is 1. The quantitative estimate of drug-likeness (QED) is 0.159. The summed E-state index contributed by atoms with van der Waals surface area (Å²) >= 11 is 1.51. The van der Waals surface area contributed by atoms with Gasteiger partial charge in [-0.25, -0.2) is 0 Å². The van der Waals surface area contributed by atoms with Crippen LogP contribution in [0.4, 0.5) is 18.9 Å². The van der Waals surface area contributed by atoms with E-state index in [1.54, 1.807) is 6.92 Å². The topological polar surface area (TPSA) is 226 Å². The van der Waals surface area contributed by atoms with Crippen molar-refractivity contribution in [3.8, 4) is 0 Å². The molecule has 0 aliphatic carbocycles. The van der Waals surface area contributed by atoms with Gasteiger partial charge < -0.3 is 50.3 Å². The Balaban J connectivity index is 0.000000351. The summed E-state index contributed by atoms with van der Waals surface area (Å²) in [7, 11) is -5.81. The fraction of sp³-hybridized carbons (Fsp3) is 0.517. The maximum absolute atomic E-state index is 13.0. The van der Waals surface area contributed by atoms with Gasteiger partial charge in [-0.2, -0.15) is 21.6 Å². The molecule has 2 saturated heterocycles. The number of ether oxygens (including phenoxy) is 2.